The van der Waals surface area contributed by atoms with Gasteiger partial charge >= 0.3 is 0 Å². The summed E-state index contributed by atoms with van der Waals surface area (Å²) < 4.78 is 5.21. The summed E-state index contributed by atoms with van der Waals surface area (Å²) in [7, 11) is 1.62. The molecule has 3 aromatic rings. The summed E-state index contributed by atoms with van der Waals surface area (Å²) in [4.78, 5) is 32.0. The molecule has 2 amide bonds. The maximum absolute atomic E-state index is 14.0. The van der Waals surface area contributed by atoms with Crippen LogP contribution in [0.2, 0.25) is 0 Å². The van der Waals surface area contributed by atoms with Crippen molar-refractivity contribution in [2.45, 2.75) is 36.0 Å². The van der Waals surface area contributed by atoms with Gasteiger partial charge < -0.3 is 9.64 Å². The van der Waals surface area contributed by atoms with Crippen molar-refractivity contribution in [2.75, 3.05) is 18.6 Å². The number of thioether (sulfide) groups is 1. The van der Waals surface area contributed by atoms with Crippen molar-refractivity contribution >= 4 is 35.0 Å². The molecule has 5 rings (SSSR count). The van der Waals surface area contributed by atoms with Crippen LogP contribution in [0.5, 0.6) is 5.75 Å². The number of carbonyl (C=O) groups is 2. The van der Waals surface area contributed by atoms with E-state index in [2.05, 4.69) is 12.1 Å². The van der Waals surface area contributed by atoms with Crippen LogP contribution in [0.1, 0.15) is 24.0 Å². The highest BCUT2D eigenvalue weighted by Crippen LogP contribution is 2.43. The first-order chi connectivity index (χ1) is 16.2. The van der Waals surface area contributed by atoms with E-state index in [0.717, 1.165) is 45.3 Å². The minimum Gasteiger partial charge on any atom is -0.497 e. The van der Waals surface area contributed by atoms with Gasteiger partial charge in [0.2, 0.25) is 5.91 Å². The number of amides is 2. The number of rotatable bonds is 4. The first-order valence-corrected chi connectivity index (χ1v) is 12.2. The van der Waals surface area contributed by atoms with Crippen molar-refractivity contribution in [2.24, 2.45) is 0 Å². The molecule has 0 N–H and O–H groups in total. The van der Waals surface area contributed by atoms with Crippen LogP contribution in [0.4, 0.5) is 11.4 Å². The number of hydrogen-bond donors (Lipinski definition) is 0. The second kappa shape index (κ2) is 9.32. The summed E-state index contributed by atoms with van der Waals surface area (Å²) in [5.74, 6) is 1.53. The third kappa shape index (κ3) is 4.23. The number of para-hydroxylation sites is 2. The molecule has 2 heterocycles. The first kappa shape index (κ1) is 21.6. The topological polar surface area (TPSA) is 49.9 Å². The van der Waals surface area contributed by atoms with Crippen LogP contribution in [0, 0.1) is 0 Å². The van der Waals surface area contributed by atoms with E-state index in [0.29, 0.717) is 13.0 Å². The smallest absolute Gasteiger partial charge is 0.254 e. The van der Waals surface area contributed by atoms with E-state index < -0.39 is 6.04 Å². The van der Waals surface area contributed by atoms with E-state index in [9.17, 15) is 9.59 Å². The number of ether oxygens (including phenoxy) is 1. The van der Waals surface area contributed by atoms with E-state index >= 15 is 0 Å². The van der Waals surface area contributed by atoms with E-state index in [-0.39, 0.29) is 18.2 Å². The lowest BCUT2D eigenvalue weighted by atomic mass is 10.1. The Balaban J connectivity index is 1.44. The number of nitrogens with zero attached hydrogens (tertiary/aromatic N) is 2. The van der Waals surface area contributed by atoms with Gasteiger partial charge in [-0.15, -0.1) is 11.8 Å². The summed E-state index contributed by atoms with van der Waals surface area (Å²) in [6.45, 7) is 0.608. The third-order valence-electron chi connectivity index (χ3n) is 6.31. The Hall–Kier alpha value is -3.25. The van der Waals surface area contributed by atoms with Crippen molar-refractivity contribution in [1.82, 2.24) is 4.90 Å². The molecule has 0 aromatic heterocycles. The number of hydrogen-bond acceptors (Lipinski definition) is 4. The van der Waals surface area contributed by atoms with Gasteiger partial charge in [0.25, 0.3) is 5.91 Å². The molecule has 33 heavy (non-hydrogen) atoms. The van der Waals surface area contributed by atoms with Crippen LogP contribution in [0.3, 0.4) is 0 Å². The van der Waals surface area contributed by atoms with Crippen LogP contribution in [0.25, 0.3) is 0 Å². The molecule has 3 aromatic carbocycles. The summed E-state index contributed by atoms with van der Waals surface area (Å²) in [5.41, 5.74) is 3.85. The quantitative estimate of drug-likeness (QED) is 0.539. The van der Waals surface area contributed by atoms with Crippen molar-refractivity contribution < 1.29 is 14.3 Å². The molecular weight excluding hydrogens is 432 g/mol. The van der Waals surface area contributed by atoms with Gasteiger partial charge in [-0.25, -0.2) is 0 Å². The van der Waals surface area contributed by atoms with Crippen LogP contribution >= 0.6 is 11.8 Å². The van der Waals surface area contributed by atoms with E-state index in [1.807, 2.05) is 65.6 Å². The second-order valence-corrected chi connectivity index (χ2v) is 9.35. The molecule has 1 atom stereocenters. The monoisotopic (exact) mass is 458 g/mol. The first-order valence-electron chi connectivity index (χ1n) is 11.2. The molecule has 0 bridgehead atoms. The molecule has 6 heteroatoms. The SMILES string of the molecule is COc1ccc(CC(=O)N2CCCC2C(=O)N2c3ccccc3CSc3ccccc32)cc1. The third-order valence-corrected chi connectivity index (χ3v) is 7.43. The molecular formula is C27H26N2O3S. The number of fused-ring (bicyclic) bond motifs is 2. The average Bonchev–Trinajstić information content (AvgIpc) is 3.28. The Kier molecular flexibility index (Phi) is 6.09. The van der Waals surface area contributed by atoms with Crippen LogP contribution in [-0.2, 0) is 21.8 Å². The van der Waals surface area contributed by atoms with Crippen LogP contribution < -0.4 is 9.64 Å². The lowest BCUT2D eigenvalue weighted by Crippen LogP contribution is -2.47. The maximum atomic E-state index is 14.0. The minimum absolute atomic E-state index is 0.0122. The predicted octanol–water partition coefficient (Wildman–Crippen LogP) is 5.20. The van der Waals surface area contributed by atoms with Gasteiger partial charge in [0, 0.05) is 17.2 Å². The Bertz CT molecular complexity index is 1130. The highest BCUT2D eigenvalue weighted by atomic mass is 32.2. The van der Waals surface area contributed by atoms with Crippen molar-refractivity contribution in [3.8, 4) is 5.75 Å². The Labute approximate surface area is 198 Å². The lowest BCUT2D eigenvalue weighted by Gasteiger charge is -2.31. The summed E-state index contributed by atoms with van der Waals surface area (Å²) in [6, 6.07) is 23.2. The molecule has 0 spiro atoms. The van der Waals surface area contributed by atoms with Gasteiger partial charge in [-0.1, -0.05) is 42.5 Å². The van der Waals surface area contributed by atoms with Gasteiger partial charge in [0.15, 0.2) is 0 Å². The van der Waals surface area contributed by atoms with Crippen LogP contribution in [0.15, 0.2) is 77.7 Å². The summed E-state index contributed by atoms with van der Waals surface area (Å²) in [5, 5.41) is 0. The van der Waals surface area contributed by atoms with Crippen LogP contribution in [-0.4, -0.2) is 36.4 Å². The molecule has 5 nitrogen and oxygen atoms in total. The zero-order chi connectivity index (χ0) is 22.8. The molecule has 0 aliphatic carbocycles. The molecule has 0 radical (unpaired) electrons. The molecule has 2 aliphatic rings. The van der Waals surface area contributed by atoms with Gasteiger partial charge in [-0.05, 0) is 54.3 Å². The largest absolute Gasteiger partial charge is 0.497 e. The van der Waals surface area contributed by atoms with Gasteiger partial charge in [-0.3, -0.25) is 14.5 Å². The molecule has 1 fully saturated rings. The normalized spacial score (nSPS) is 17.2. The zero-order valence-corrected chi connectivity index (χ0v) is 19.4. The van der Waals surface area contributed by atoms with E-state index in [1.165, 1.54) is 0 Å². The van der Waals surface area contributed by atoms with Gasteiger partial charge in [0.05, 0.1) is 24.9 Å². The standard InChI is InChI=1S/C27H26N2O3S/c1-32-21-14-12-19(13-15-21)17-26(30)28-16-6-10-24(28)27(31)29-22-8-3-2-7-20(22)18-33-25-11-5-4-9-23(25)29/h2-5,7-9,11-15,24H,6,10,16-18H2,1H3. The van der Waals surface area contributed by atoms with Crippen molar-refractivity contribution in [1.29, 1.82) is 0 Å². The molecule has 1 saturated heterocycles. The van der Waals surface area contributed by atoms with Gasteiger partial charge in [-0.2, -0.15) is 0 Å². The highest BCUT2D eigenvalue weighted by molar-refractivity contribution is 7.98. The Morgan fingerprint density at radius 3 is 2.48 bits per heavy atom. The second-order valence-electron chi connectivity index (χ2n) is 8.33. The predicted molar refractivity (Wildman–Crippen MR) is 131 cm³/mol. The molecule has 1 unspecified atom stereocenters. The maximum Gasteiger partial charge on any atom is 0.254 e. The molecule has 168 valence electrons. The average molecular weight is 459 g/mol. The summed E-state index contributed by atoms with van der Waals surface area (Å²) >= 11 is 1.74. The van der Waals surface area contributed by atoms with Crippen molar-refractivity contribution in [3.63, 3.8) is 0 Å². The molecule has 0 saturated carbocycles. The fraction of sp³-hybridized carbons (Fsp3) is 0.259. The molecule has 2 aliphatic heterocycles. The Morgan fingerprint density at radius 1 is 0.970 bits per heavy atom. The number of benzene rings is 3. The van der Waals surface area contributed by atoms with E-state index in [4.69, 9.17) is 4.74 Å². The number of carbonyl (C=O) groups excluding carboxylic acids is 2. The number of likely N-dealkylation sites (tertiary alicyclic amines) is 1. The number of methoxy groups -OCH3 is 1. The Morgan fingerprint density at radius 2 is 1.70 bits per heavy atom. The zero-order valence-electron chi connectivity index (χ0n) is 18.6. The summed E-state index contributed by atoms with van der Waals surface area (Å²) in [6.07, 6.45) is 1.79. The van der Waals surface area contributed by atoms with Gasteiger partial charge in [0.1, 0.15) is 11.8 Å². The lowest BCUT2D eigenvalue weighted by molar-refractivity contribution is -0.136. The van der Waals surface area contributed by atoms with Crippen molar-refractivity contribution in [3.05, 3.63) is 83.9 Å². The highest BCUT2D eigenvalue weighted by Gasteiger charge is 2.39. The number of anilines is 2. The minimum atomic E-state index is -0.458. The fourth-order valence-electron chi connectivity index (χ4n) is 4.63. The van der Waals surface area contributed by atoms with E-state index in [1.54, 1.807) is 23.8 Å². The fourth-order valence-corrected chi connectivity index (χ4v) is 5.67.